The van der Waals surface area contributed by atoms with Crippen molar-refractivity contribution in [3.63, 3.8) is 0 Å². The van der Waals surface area contributed by atoms with Crippen molar-refractivity contribution in [1.82, 2.24) is 9.62 Å². The van der Waals surface area contributed by atoms with Gasteiger partial charge in [-0.05, 0) is 39.2 Å². The van der Waals surface area contributed by atoms with Crippen molar-refractivity contribution in [3.05, 3.63) is 0 Å². The van der Waals surface area contributed by atoms with Crippen molar-refractivity contribution >= 4 is 10.0 Å². The Morgan fingerprint density at radius 3 is 2.45 bits per heavy atom. The molecule has 0 amide bonds. The first-order valence-electron chi connectivity index (χ1n) is 6.82. The van der Waals surface area contributed by atoms with Crippen LogP contribution in [0.5, 0.6) is 0 Å². The molecule has 0 spiro atoms. The molecule has 0 aromatic heterocycles. The predicted molar refractivity (Wildman–Crippen MR) is 71.9 cm³/mol. The first-order chi connectivity index (χ1) is 9.02. The Morgan fingerprint density at radius 1 is 1.35 bits per heavy atom. The normalized spacial score (nSPS) is 25.4. The maximum atomic E-state index is 12.5. The second-order valence-electron chi connectivity index (χ2n) is 5.75. The summed E-state index contributed by atoms with van der Waals surface area (Å²) in [4.78, 5) is 2.10. The molecule has 0 radical (unpaired) electrons. The van der Waals surface area contributed by atoms with Crippen LogP contribution in [-0.4, -0.2) is 50.4 Å². The van der Waals surface area contributed by atoms with E-state index in [1.165, 1.54) is 0 Å². The van der Waals surface area contributed by atoms with E-state index in [0.717, 1.165) is 25.9 Å². The summed E-state index contributed by atoms with van der Waals surface area (Å²) in [6, 6.07) is -0.532. The number of likely N-dealkylation sites (tertiary alicyclic amines) is 1. The average Bonchev–Trinajstić information content (AvgIpc) is 2.25. The lowest BCUT2D eigenvalue weighted by Crippen LogP contribution is -2.49. The van der Waals surface area contributed by atoms with Crippen molar-refractivity contribution in [1.29, 1.82) is 0 Å². The lowest BCUT2D eigenvalue weighted by Gasteiger charge is -2.33. The van der Waals surface area contributed by atoms with Gasteiger partial charge in [0, 0.05) is 19.1 Å². The van der Waals surface area contributed by atoms with Gasteiger partial charge in [0.25, 0.3) is 0 Å². The zero-order valence-corrected chi connectivity index (χ0v) is 12.9. The number of hydrogen-bond acceptors (Lipinski definition) is 3. The molecule has 0 aromatic rings. The van der Waals surface area contributed by atoms with E-state index in [-0.39, 0.29) is 0 Å². The van der Waals surface area contributed by atoms with Gasteiger partial charge in [-0.3, -0.25) is 0 Å². The van der Waals surface area contributed by atoms with E-state index in [9.17, 15) is 21.6 Å². The number of sulfonamides is 1. The Morgan fingerprint density at radius 2 is 1.95 bits per heavy atom. The van der Waals surface area contributed by atoms with Gasteiger partial charge < -0.3 is 4.90 Å². The zero-order chi connectivity index (χ0) is 15.6. The van der Waals surface area contributed by atoms with Gasteiger partial charge in [-0.15, -0.1) is 0 Å². The van der Waals surface area contributed by atoms with E-state index in [2.05, 4.69) is 16.5 Å². The highest BCUT2D eigenvalue weighted by molar-refractivity contribution is 7.90. The van der Waals surface area contributed by atoms with E-state index >= 15 is 0 Å². The number of hydrogen-bond donors (Lipinski definition) is 1. The molecule has 1 rings (SSSR count). The average molecular weight is 316 g/mol. The summed E-state index contributed by atoms with van der Waals surface area (Å²) in [6.07, 6.45) is -2.56. The monoisotopic (exact) mass is 316 g/mol. The highest BCUT2D eigenvalue weighted by Gasteiger charge is 2.45. The van der Waals surface area contributed by atoms with Crippen molar-refractivity contribution in [2.24, 2.45) is 5.92 Å². The first kappa shape index (κ1) is 17.7. The van der Waals surface area contributed by atoms with E-state index in [1.807, 2.05) is 0 Å². The number of nitrogens with one attached hydrogen (secondary N) is 1. The largest absolute Gasteiger partial charge is 0.406 e. The quantitative estimate of drug-likeness (QED) is 0.844. The topological polar surface area (TPSA) is 49.4 Å². The summed E-state index contributed by atoms with van der Waals surface area (Å²) >= 11 is 0. The number of rotatable bonds is 5. The fourth-order valence-corrected chi connectivity index (χ4v) is 3.63. The van der Waals surface area contributed by atoms with Gasteiger partial charge in [-0.25, -0.2) is 13.1 Å². The minimum absolute atomic E-state index is 0.439. The summed E-state index contributed by atoms with van der Waals surface area (Å²) in [5, 5.41) is -2.39. The van der Waals surface area contributed by atoms with Crippen LogP contribution in [0.1, 0.15) is 33.6 Å². The molecular weight excluding hydrogens is 293 g/mol. The lowest BCUT2D eigenvalue weighted by atomic mass is 10.00. The van der Waals surface area contributed by atoms with E-state index in [1.54, 1.807) is 6.92 Å². The molecule has 8 heteroatoms. The standard InChI is InChI=1S/C12H23F3N2O2S/c1-9-5-4-6-17(7-9)8-10(2)16-20(18,19)11(3)12(13,14)15/h9-11,16H,4-8H2,1-3H3/t9-,10+,11+/m1/s1. The van der Waals surface area contributed by atoms with Crippen LogP contribution in [-0.2, 0) is 10.0 Å². The van der Waals surface area contributed by atoms with Crippen LogP contribution in [0.25, 0.3) is 0 Å². The molecule has 0 aromatic carbocycles. The third kappa shape index (κ3) is 5.21. The minimum atomic E-state index is -4.74. The maximum Gasteiger partial charge on any atom is 0.406 e. The van der Waals surface area contributed by atoms with Gasteiger partial charge in [0.05, 0.1) is 0 Å². The van der Waals surface area contributed by atoms with Crippen LogP contribution in [0.3, 0.4) is 0 Å². The molecule has 0 bridgehead atoms. The van der Waals surface area contributed by atoms with Crippen molar-refractivity contribution < 1.29 is 21.6 Å². The van der Waals surface area contributed by atoms with E-state index in [0.29, 0.717) is 19.4 Å². The molecule has 1 saturated heterocycles. The molecule has 0 saturated carbocycles. The molecule has 1 aliphatic rings. The summed E-state index contributed by atoms with van der Waals surface area (Å²) in [6.45, 7) is 6.55. The van der Waals surface area contributed by atoms with Crippen LogP contribution in [0.2, 0.25) is 0 Å². The lowest BCUT2D eigenvalue weighted by molar-refractivity contribution is -0.127. The Bertz CT molecular complexity index is 411. The number of piperidine rings is 1. The third-order valence-corrected chi connectivity index (χ3v) is 5.49. The molecular formula is C12H23F3N2O2S. The second-order valence-corrected chi connectivity index (χ2v) is 7.79. The molecule has 1 fully saturated rings. The van der Waals surface area contributed by atoms with Gasteiger partial charge in [0.1, 0.15) is 0 Å². The molecule has 0 unspecified atom stereocenters. The van der Waals surface area contributed by atoms with Gasteiger partial charge in [0.2, 0.25) is 10.0 Å². The smallest absolute Gasteiger partial charge is 0.301 e. The molecule has 0 aliphatic carbocycles. The van der Waals surface area contributed by atoms with Crippen LogP contribution in [0.4, 0.5) is 13.2 Å². The first-order valence-corrected chi connectivity index (χ1v) is 8.37. The summed E-state index contributed by atoms with van der Waals surface area (Å²) in [7, 11) is -4.38. The third-order valence-electron chi connectivity index (χ3n) is 3.57. The Kier molecular flexibility index (Phi) is 5.86. The minimum Gasteiger partial charge on any atom is -0.301 e. The SMILES string of the molecule is C[C@@H]1CCCN(C[C@H](C)NS(=O)(=O)[C@@H](C)C(F)(F)F)C1. The molecule has 4 nitrogen and oxygen atoms in total. The summed E-state index contributed by atoms with van der Waals surface area (Å²) in [5.74, 6) is 0.543. The Hall–Kier alpha value is -0.340. The Labute approximate surface area is 118 Å². The molecule has 1 heterocycles. The molecule has 1 aliphatic heterocycles. The zero-order valence-electron chi connectivity index (χ0n) is 12.1. The maximum absolute atomic E-state index is 12.5. The predicted octanol–water partition coefficient (Wildman–Crippen LogP) is 1.98. The van der Waals surface area contributed by atoms with Crippen molar-refractivity contribution in [2.45, 2.75) is 51.1 Å². The van der Waals surface area contributed by atoms with Gasteiger partial charge in [-0.2, -0.15) is 13.2 Å². The summed E-state index contributed by atoms with van der Waals surface area (Å²) in [5.41, 5.74) is 0. The number of nitrogens with zero attached hydrogens (tertiary/aromatic N) is 1. The molecule has 20 heavy (non-hydrogen) atoms. The van der Waals surface area contributed by atoms with Crippen molar-refractivity contribution in [3.8, 4) is 0 Å². The van der Waals surface area contributed by atoms with Crippen LogP contribution < -0.4 is 4.72 Å². The van der Waals surface area contributed by atoms with Gasteiger partial charge >= 0.3 is 6.18 Å². The van der Waals surface area contributed by atoms with E-state index < -0.39 is 27.5 Å². The van der Waals surface area contributed by atoms with Gasteiger partial charge in [-0.1, -0.05) is 6.92 Å². The highest BCUT2D eigenvalue weighted by atomic mass is 32.2. The summed E-state index contributed by atoms with van der Waals surface area (Å²) < 4.78 is 62.8. The number of halogens is 3. The van der Waals surface area contributed by atoms with Crippen LogP contribution >= 0.6 is 0 Å². The highest BCUT2D eigenvalue weighted by Crippen LogP contribution is 2.25. The van der Waals surface area contributed by atoms with E-state index in [4.69, 9.17) is 0 Å². The molecule has 1 N–H and O–H groups in total. The fourth-order valence-electron chi connectivity index (χ4n) is 2.44. The van der Waals surface area contributed by atoms with Crippen LogP contribution in [0, 0.1) is 5.92 Å². The van der Waals surface area contributed by atoms with Crippen molar-refractivity contribution in [2.75, 3.05) is 19.6 Å². The molecule has 120 valence electrons. The fraction of sp³-hybridized carbons (Fsp3) is 1.00. The van der Waals surface area contributed by atoms with Crippen LogP contribution in [0.15, 0.2) is 0 Å². The number of alkyl halides is 3. The Balaban J connectivity index is 2.55. The second kappa shape index (κ2) is 6.62. The molecule has 3 atom stereocenters. The van der Waals surface area contributed by atoms with Gasteiger partial charge in [0.15, 0.2) is 5.25 Å².